The molecule has 1 N–H and O–H groups in total. The predicted octanol–water partition coefficient (Wildman–Crippen LogP) is 0.978. The first-order chi connectivity index (χ1) is 7.15. The number of fused-ring (bicyclic) bond motifs is 2. The Balaban J connectivity index is 0.000000114. The van der Waals surface area contributed by atoms with Crippen LogP contribution in [0.25, 0.3) is 0 Å². The Morgan fingerprint density at radius 1 is 1.47 bits per heavy atom. The van der Waals surface area contributed by atoms with E-state index in [-0.39, 0.29) is 6.54 Å². The van der Waals surface area contributed by atoms with E-state index in [1.54, 1.807) is 7.05 Å². The van der Waals surface area contributed by atoms with E-state index in [0.717, 1.165) is 0 Å². The third-order valence-corrected chi connectivity index (χ3v) is 2.38. The Hall–Kier alpha value is -1.55. The van der Waals surface area contributed by atoms with Gasteiger partial charge in [-0.15, -0.1) is 0 Å². The second kappa shape index (κ2) is 3.90. The molecule has 0 spiro atoms. The van der Waals surface area contributed by atoms with E-state index in [1.807, 2.05) is 0 Å². The van der Waals surface area contributed by atoms with Crippen molar-refractivity contribution in [2.75, 3.05) is 13.6 Å². The molecule has 0 aromatic heterocycles. The first-order valence-corrected chi connectivity index (χ1v) is 4.83. The van der Waals surface area contributed by atoms with Gasteiger partial charge in [0.1, 0.15) is 0 Å². The van der Waals surface area contributed by atoms with Gasteiger partial charge in [-0.25, -0.2) is 4.79 Å². The van der Waals surface area contributed by atoms with Crippen molar-refractivity contribution >= 4 is 6.09 Å². The number of aliphatic hydroxyl groups is 1. The number of likely N-dealkylation sites (N-methyl/N-ethyl adjacent to an activating group) is 1. The molecule has 2 aliphatic carbocycles. The van der Waals surface area contributed by atoms with Gasteiger partial charge in [0, 0.05) is 7.05 Å². The maximum absolute atomic E-state index is 10.3. The van der Waals surface area contributed by atoms with Gasteiger partial charge in [-0.1, -0.05) is 24.3 Å². The van der Waals surface area contributed by atoms with Crippen molar-refractivity contribution in [1.29, 1.82) is 0 Å². The summed E-state index contributed by atoms with van der Waals surface area (Å²) in [5, 5.41) is 8.59. The number of aliphatic hydroxyl groups excluding tert-OH is 1. The molecule has 1 aromatic carbocycles. The molecule has 0 radical (unpaired) electrons. The number of hydrogen-bond acceptors (Lipinski definition) is 3. The minimum atomic E-state index is -0.924. The molecule has 1 fully saturated rings. The zero-order valence-corrected chi connectivity index (χ0v) is 8.51. The molecule has 1 saturated heterocycles. The van der Waals surface area contributed by atoms with Gasteiger partial charge in [0.2, 0.25) is 6.29 Å². The normalized spacial score (nSPS) is 21.3. The summed E-state index contributed by atoms with van der Waals surface area (Å²) >= 11 is 0. The van der Waals surface area contributed by atoms with Gasteiger partial charge in [0.25, 0.3) is 0 Å². The highest BCUT2D eigenvalue weighted by molar-refractivity contribution is 5.69. The fourth-order valence-corrected chi connectivity index (χ4v) is 1.51. The SMILES string of the molecule is CN1CC(O)OC1=O.c1cc2cc(c1)C2. The van der Waals surface area contributed by atoms with Gasteiger partial charge < -0.3 is 14.7 Å². The number of ether oxygens (including phenoxy) is 1. The molecule has 2 bridgehead atoms. The third-order valence-electron chi connectivity index (χ3n) is 2.38. The van der Waals surface area contributed by atoms with Crippen molar-refractivity contribution in [2.24, 2.45) is 0 Å². The number of cyclic esters (lactones) is 1. The standard InChI is InChI=1S/C7H6.C4H7NO3/c1-2-6-4-7(3-1)5-6;1-5-2-3(6)8-4(5)7/h1-4H,5H2;3,6H,2H2,1H3. The van der Waals surface area contributed by atoms with Crippen LogP contribution in [0.1, 0.15) is 11.1 Å². The number of amides is 1. The lowest BCUT2D eigenvalue weighted by atomic mass is 9.94. The van der Waals surface area contributed by atoms with Gasteiger partial charge in [-0.3, -0.25) is 0 Å². The molecule has 1 aliphatic heterocycles. The summed E-state index contributed by atoms with van der Waals surface area (Å²) in [5.74, 6) is 0. The van der Waals surface area contributed by atoms with Crippen LogP contribution in [-0.4, -0.2) is 36.0 Å². The number of benzene rings is 1. The maximum Gasteiger partial charge on any atom is 0.412 e. The average Bonchev–Trinajstić information content (AvgIpc) is 2.45. The van der Waals surface area contributed by atoms with Crippen molar-refractivity contribution in [3.05, 3.63) is 35.4 Å². The molecule has 1 atom stereocenters. The molecule has 4 heteroatoms. The van der Waals surface area contributed by atoms with Gasteiger partial charge in [0.15, 0.2) is 0 Å². The Bertz CT molecular complexity index is 353. The van der Waals surface area contributed by atoms with Crippen LogP contribution in [0.5, 0.6) is 0 Å². The number of nitrogens with zero attached hydrogens (tertiary/aromatic N) is 1. The first-order valence-electron chi connectivity index (χ1n) is 4.83. The van der Waals surface area contributed by atoms with Crippen LogP contribution in [0.15, 0.2) is 24.3 Å². The molecule has 1 unspecified atom stereocenters. The molecule has 4 nitrogen and oxygen atoms in total. The summed E-state index contributed by atoms with van der Waals surface area (Å²) in [5.41, 5.74) is 2.97. The maximum atomic E-state index is 10.3. The fourth-order valence-electron chi connectivity index (χ4n) is 1.51. The Labute approximate surface area is 88.1 Å². The molecule has 1 amide bonds. The summed E-state index contributed by atoms with van der Waals surface area (Å²) in [6.07, 6.45) is -0.166. The van der Waals surface area contributed by atoms with E-state index >= 15 is 0 Å². The van der Waals surface area contributed by atoms with Crippen molar-refractivity contribution < 1.29 is 14.6 Å². The number of hydrogen-bond donors (Lipinski definition) is 1. The molecule has 3 aliphatic rings. The summed E-state index contributed by atoms with van der Waals surface area (Å²) in [7, 11) is 1.57. The van der Waals surface area contributed by atoms with Gasteiger partial charge in [-0.05, 0) is 17.5 Å². The summed E-state index contributed by atoms with van der Waals surface area (Å²) in [4.78, 5) is 11.6. The van der Waals surface area contributed by atoms with Crippen LogP contribution >= 0.6 is 0 Å². The van der Waals surface area contributed by atoms with Crippen LogP contribution in [0.2, 0.25) is 0 Å². The van der Waals surface area contributed by atoms with Gasteiger partial charge >= 0.3 is 6.09 Å². The quantitative estimate of drug-likeness (QED) is 0.700. The van der Waals surface area contributed by atoms with Crippen LogP contribution in [0.3, 0.4) is 0 Å². The largest absolute Gasteiger partial charge is 0.418 e. The number of rotatable bonds is 0. The molecule has 1 aromatic rings. The summed E-state index contributed by atoms with van der Waals surface area (Å²) < 4.78 is 4.32. The second-order valence-electron chi connectivity index (χ2n) is 3.72. The highest BCUT2D eigenvalue weighted by Crippen LogP contribution is 2.18. The Kier molecular flexibility index (Phi) is 2.60. The van der Waals surface area contributed by atoms with E-state index in [4.69, 9.17) is 5.11 Å². The average molecular weight is 207 g/mol. The molecule has 15 heavy (non-hydrogen) atoms. The zero-order chi connectivity index (χ0) is 10.8. The molecule has 1 heterocycles. The highest BCUT2D eigenvalue weighted by Gasteiger charge is 2.25. The number of carbonyl (C=O) groups is 1. The third kappa shape index (κ3) is 2.27. The Morgan fingerprint density at radius 3 is 2.20 bits per heavy atom. The van der Waals surface area contributed by atoms with Crippen molar-refractivity contribution in [3.63, 3.8) is 0 Å². The van der Waals surface area contributed by atoms with E-state index in [2.05, 4.69) is 29.0 Å². The Morgan fingerprint density at radius 2 is 2.07 bits per heavy atom. The van der Waals surface area contributed by atoms with Crippen LogP contribution in [0.4, 0.5) is 4.79 Å². The van der Waals surface area contributed by atoms with E-state index in [9.17, 15) is 4.79 Å². The molecular weight excluding hydrogens is 194 g/mol. The van der Waals surface area contributed by atoms with E-state index in [0.29, 0.717) is 0 Å². The molecular formula is C11H13NO3. The van der Waals surface area contributed by atoms with E-state index < -0.39 is 12.4 Å². The predicted molar refractivity (Wildman–Crippen MR) is 54.4 cm³/mol. The first kappa shape index (κ1) is 9.98. The lowest BCUT2D eigenvalue weighted by molar-refractivity contribution is -0.0151. The minimum absolute atomic E-state index is 0.277. The van der Waals surface area contributed by atoms with Gasteiger partial charge in [0.05, 0.1) is 6.54 Å². The van der Waals surface area contributed by atoms with Crippen molar-refractivity contribution in [3.8, 4) is 0 Å². The lowest BCUT2D eigenvalue weighted by Gasteiger charge is -2.11. The second-order valence-corrected chi connectivity index (χ2v) is 3.72. The number of carbonyl (C=O) groups excluding carboxylic acids is 1. The van der Waals surface area contributed by atoms with Crippen LogP contribution in [0, 0.1) is 0 Å². The van der Waals surface area contributed by atoms with Crippen molar-refractivity contribution in [1.82, 2.24) is 4.90 Å². The summed E-state index contributed by atoms with van der Waals surface area (Å²) in [6.45, 7) is 0.277. The fraction of sp³-hybridized carbons (Fsp3) is 0.364. The highest BCUT2D eigenvalue weighted by atomic mass is 16.7. The molecule has 4 rings (SSSR count). The van der Waals surface area contributed by atoms with Crippen LogP contribution in [-0.2, 0) is 11.2 Å². The van der Waals surface area contributed by atoms with E-state index in [1.165, 1.54) is 22.4 Å². The summed E-state index contributed by atoms with van der Waals surface area (Å²) in [6, 6.07) is 8.65. The monoisotopic (exact) mass is 207 g/mol. The topological polar surface area (TPSA) is 49.8 Å². The zero-order valence-electron chi connectivity index (χ0n) is 8.51. The smallest absolute Gasteiger partial charge is 0.412 e. The molecule has 0 saturated carbocycles. The van der Waals surface area contributed by atoms with Gasteiger partial charge in [-0.2, -0.15) is 0 Å². The number of β-amino-alcohol motifs (C(OH)–C–C–N with tert-alkyl or cyclic N) is 1. The molecule has 80 valence electrons. The lowest BCUT2D eigenvalue weighted by Crippen LogP contribution is -2.18. The van der Waals surface area contributed by atoms with Crippen LogP contribution < -0.4 is 0 Å². The minimum Gasteiger partial charge on any atom is -0.418 e. The van der Waals surface area contributed by atoms with Crippen molar-refractivity contribution in [2.45, 2.75) is 12.7 Å².